The van der Waals surface area contributed by atoms with E-state index in [2.05, 4.69) is 171 Å². The van der Waals surface area contributed by atoms with Gasteiger partial charge in [-0.2, -0.15) is 0 Å². The second kappa shape index (κ2) is 14.9. The summed E-state index contributed by atoms with van der Waals surface area (Å²) in [4.78, 5) is 4.46. The van der Waals surface area contributed by atoms with Gasteiger partial charge in [-0.05, 0) is 128 Å². The van der Waals surface area contributed by atoms with Crippen LogP contribution in [0.1, 0.15) is 22.3 Å². The third-order valence-corrected chi connectivity index (χ3v) is 9.72. The van der Waals surface area contributed by atoms with Crippen molar-refractivity contribution in [2.45, 2.75) is 27.7 Å². The number of hydrogen-bond acceptors (Lipinski definition) is 5. The van der Waals surface area contributed by atoms with Gasteiger partial charge in [-0.15, -0.1) is 0 Å². The van der Waals surface area contributed by atoms with Gasteiger partial charge in [-0.25, -0.2) is 0 Å². The Morgan fingerprint density at radius 1 is 0.415 bits per heavy atom. The average Bonchev–Trinajstić information content (AvgIpc) is 3.18. The Balaban J connectivity index is 0.000000164. The summed E-state index contributed by atoms with van der Waals surface area (Å²) < 4.78 is 0. The van der Waals surface area contributed by atoms with Gasteiger partial charge < -0.3 is 15.5 Å². The summed E-state index contributed by atoms with van der Waals surface area (Å²) >= 11 is 0. The number of fused-ring (bicyclic) bond motifs is 2. The van der Waals surface area contributed by atoms with Crippen molar-refractivity contribution in [1.82, 2.24) is 0 Å². The Morgan fingerprint density at radius 3 is 1.30 bits per heavy atom. The van der Waals surface area contributed by atoms with Crippen LogP contribution in [0, 0.1) is 38.5 Å². The number of nitrogens with two attached hydrogens (primary N) is 1. The monoisotopic (exact) mass is 689 g/mol. The van der Waals surface area contributed by atoms with Crippen molar-refractivity contribution >= 4 is 67.1 Å². The molecule has 0 heterocycles. The van der Waals surface area contributed by atoms with Crippen molar-refractivity contribution in [2.75, 3.05) is 15.5 Å². The third kappa shape index (κ3) is 7.23. The van der Waals surface area contributed by atoms with E-state index in [4.69, 9.17) is 16.6 Å². The predicted molar refractivity (Wildman–Crippen MR) is 227 cm³/mol. The number of rotatable bonds is 6. The standard InChI is InChI=1S/C24H21N3.C24H22N2/c1-16-7-10-18(11-8-16)27(19-12-13-22(25)23(26)15-19)24-14-9-17(2)20-5-3-4-6-21(20)24;1-17-7-12-20(13-8-17)26(21-14-10-19(25)11-15-21)24-16-9-18(2)22-5-3-4-6-23(22)24/h3-15,25-26H,1-2H3;3-16H,25H2,1-2H3. The fourth-order valence-corrected chi connectivity index (χ4v) is 6.79. The lowest BCUT2D eigenvalue weighted by Crippen LogP contribution is -2.21. The second-order valence-electron chi connectivity index (χ2n) is 13.6. The number of anilines is 6. The number of benzene rings is 7. The molecular weight excluding hydrogens is 647 g/mol. The van der Waals surface area contributed by atoms with Crippen LogP contribution < -0.4 is 15.5 Å². The average molecular weight is 690 g/mol. The molecule has 0 aromatic heterocycles. The number of nitrogen functional groups attached to an aromatic ring is 1. The van der Waals surface area contributed by atoms with Crippen molar-refractivity contribution in [3.8, 4) is 0 Å². The Bertz CT molecular complexity index is 2480. The molecule has 8 rings (SSSR count). The molecule has 5 nitrogen and oxygen atoms in total. The van der Waals surface area contributed by atoms with Crippen LogP contribution in [0.25, 0.3) is 21.5 Å². The number of allylic oxidation sites excluding steroid dienone is 3. The van der Waals surface area contributed by atoms with E-state index in [1.54, 1.807) is 12.2 Å². The fraction of sp³-hybridized carbons (Fsp3) is 0.0833. The SMILES string of the molecule is Cc1ccc(N(C2=CC(=N)C(=N)C=C2)c2ccc(C)c3ccccc23)cc1.Cc1ccc(N(c2ccc(N)cc2)c2ccc(C)c3ccccc23)cc1. The highest BCUT2D eigenvalue weighted by Crippen LogP contribution is 2.40. The maximum atomic E-state index is 8.10. The first-order chi connectivity index (χ1) is 25.7. The maximum Gasteiger partial charge on any atom is 0.0810 e. The lowest BCUT2D eigenvalue weighted by Gasteiger charge is -2.29. The van der Waals surface area contributed by atoms with Gasteiger partial charge in [0.25, 0.3) is 0 Å². The summed E-state index contributed by atoms with van der Waals surface area (Å²) in [6, 6.07) is 50.7. The highest BCUT2D eigenvalue weighted by Gasteiger charge is 2.20. The van der Waals surface area contributed by atoms with Crippen LogP contribution in [-0.4, -0.2) is 11.4 Å². The molecule has 0 bridgehead atoms. The molecular formula is C48H43N5. The highest BCUT2D eigenvalue weighted by molar-refractivity contribution is 6.49. The van der Waals surface area contributed by atoms with Crippen LogP contribution in [0.15, 0.2) is 170 Å². The predicted octanol–water partition coefficient (Wildman–Crippen LogP) is 12.6. The molecule has 1 aliphatic carbocycles. The summed E-state index contributed by atoms with van der Waals surface area (Å²) in [6.45, 7) is 8.47. The molecule has 0 unspecified atom stereocenters. The zero-order valence-corrected chi connectivity index (χ0v) is 30.6. The molecule has 7 aromatic carbocycles. The molecule has 0 aliphatic heterocycles. The summed E-state index contributed by atoms with van der Waals surface area (Å²) in [5, 5.41) is 20.8. The Kier molecular flexibility index (Phi) is 9.74. The summed E-state index contributed by atoms with van der Waals surface area (Å²) in [7, 11) is 0. The van der Waals surface area contributed by atoms with Crippen LogP contribution in [0.3, 0.4) is 0 Å². The van der Waals surface area contributed by atoms with Crippen molar-refractivity contribution < 1.29 is 0 Å². The van der Waals surface area contributed by atoms with E-state index in [-0.39, 0.29) is 11.4 Å². The third-order valence-electron chi connectivity index (χ3n) is 9.72. The molecule has 0 atom stereocenters. The number of nitrogens with zero attached hydrogens (tertiary/aromatic N) is 2. The molecule has 260 valence electrons. The Labute approximate surface area is 312 Å². The van der Waals surface area contributed by atoms with E-state index >= 15 is 0 Å². The molecule has 7 aromatic rings. The Morgan fingerprint density at radius 2 is 0.830 bits per heavy atom. The number of nitrogens with one attached hydrogen (secondary N) is 2. The van der Waals surface area contributed by atoms with E-state index in [1.165, 1.54) is 49.5 Å². The minimum Gasteiger partial charge on any atom is -0.399 e. The van der Waals surface area contributed by atoms with E-state index in [0.29, 0.717) is 0 Å². The topological polar surface area (TPSA) is 80.2 Å². The van der Waals surface area contributed by atoms with Crippen LogP contribution in [0.2, 0.25) is 0 Å². The van der Waals surface area contributed by atoms with E-state index in [0.717, 1.165) is 34.1 Å². The lowest BCUT2D eigenvalue weighted by atomic mass is 10.0. The van der Waals surface area contributed by atoms with Gasteiger partial charge in [-0.3, -0.25) is 10.8 Å². The minimum atomic E-state index is 0.223. The fourth-order valence-electron chi connectivity index (χ4n) is 6.79. The zero-order valence-electron chi connectivity index (χ0n) is 30.6. The van der Waals surface area contributed by atoms with Crippen molar-refractivity contribution in [3.63, 3.8) is 0 Å². The summed E-state index contributed by atoms with van der Waals surface area (Å²) in [6.07, 6.45) is 5.36. The second-order valence-corrected chi connectivity index (χ2v) is 13.6. The maximum absolute atomic E-state index is 8.10. The van der Waals surface area contributed by atoms with Gasteiger partial charge in [-0.1, -0.05) is 96.1 Å². The van der Waals surface area contributed by atoms with E-state index in [1.807, 2.05) is 18.2 Å². The molecule has 1 aliphatic rings. The first-order valence-electron chi connectivity index (χ1n) is 17.8. The molecule has 0 fully saturated rings. The zero-order chi connectivity index (χ0) is 37.1. The van der Waals surface area contributed by atoms with Crippen LogP contribution in [0.4, 0.5) is 34.1 Å². The molecule has 0 spiro atoms. The molecule has 53 heavy (non-hydrogen) atoms. The normalized spacial score (nSPS) is 12.3. The largest absolute Gasteiger partial charge is 0.399 e. The molecule has 4 N–H and O–H groups in total. The van der Waals surface area contributed by atoms with Crippen molar-refractivity contribution in [2.24, 2.45) is 0 Å². The molecule has 0 saturated carbocycles. The molecule has 0 amide bonds. The van der Waals surface area contributed by atoms with Gasteiger partial charge in [0.05, 0.1) is 22.8 Å². The number of aryl methyl sites for hydroxylation is 4. The summed E-state index contributed by atoms with van der Waals surface area (Å²) in [5.74, 6) is 0. The van der Waals surface area contributed by atoms with Crippen LogP contribution in [0.5, 0.6) is 0 Å². The van der Waals surface area contributed by atoms with Crippen molar-refractivity contribution in [3.05, 3.63) is 192 Å². The minimum absolute atomic E-state index is 0.223. The van der Waals surface area contributed by atoms with Gasteiger partial charge in [0.1, 0.15) is 0 Å². The number of hydrogen-bond donors (Lipinski definition) is 3. The summed E-state index contributed by atoms with van der Waals surface area (Å²) in [5.41, 5.74) is 18.5. The van der Waals surface area contributed by atoms with Gasteiger partial charge in [0, 0.05) is 39.2 Å². The highest BCUT2D eigenvalue weighted by atomic mass is 15.2. The van der Waals surface area contributed by atoms with E-state index < -0.39 is 0 Å². The van der Waals surface area contributed by atoms with Crippen LogP contribution in [-0.2, 0) is 0 Å². The van der Waals surface area contributed by atoms with Gasteiger partial charge >= 0.3 is 0 Å². The van der Waals surface area contributed by atoms with Crippen molar-refractivity contribution in [1.29, 1.82) is 10.8 Å². The molecule has 5 heteroatoms. The molecule has 0 radical (unpaired) electrons. The Hall–Kier alpha value is -6.72. The van der Waals surface area contributed by atoms with Gasteiger partial charge in [0.15, 0.2) is 0 Å². The first-order valence-corrected chi connectivity index (χ1v) is 17.8. The lowest BCUT2D eigenvalue weighted by molar-refractivity contribution is 1.21. The molecule has 0 saturated heterocycles. The van der Waals surface area contributed by atoms with E-state index in [9.17, 15) is 0 Å². The first kappa shape index (κ1) is 34.7. The van der Waals surface area contributed by atoms with Gasteiger partial charge in [0.2, 0.25) is 0 Å². The quantitative estimate of drug-likeness (QED) is 0.120. The smallest absolute Gasteiger partial charge is 0.0810 e. The van der Waals surface area contributed by atoms with Crippen LogP contribution >= 0.6 is 0 Å².